The molecular formula is C12H17F3N2O2. The van der Waals surface area contributed by atoms with Gasteiger partial charge in [0.2, 0.25) is 11.8 Å². The van der Waals surface area contributed by atoms with E-state index in [0.717, 1.165) is 0 Å². The molecule has 108 valence electrons. The Morgan fingerprint density at radius 1 is 1.37 bits per heavy atom. The average molecular weight is 278 g/mol. The van der Waals surface area contributed by atoms with Crippen molar-refractivity contribution in [3.8, 4) is 0 Å². The first-order chi connectivity index (χ1) is 8.64. The molecule has 4 nitrogen and oxygen atoms in total. The van der Waals surface area contributed by atoms with Crippen LogP contribution in [0.1, 0.15) is 33.1 Å². The number of carbonyl (C=O) groups is 2. The van der Waals surface area contributed by atoms with Crippen LogP contribution < -0.4 is 5.32 Å². The van der Waals surface area contributed by atoms with Crippen LogP contribution in [-0.4, -0.2) is 41.0 Å². The number of halogens is 3. The van der Waals surface area contributed by atoms with E-state index in [1.807, 2.05) is 0 Å². The number of amides is 2. The average Bonchev–Trinajstić information content (AvgIpc) is 2.79. The normalized spacial score (nSPS) is 30.6. The molecule has 2 heterocycles. The Morgan fingerprint density at radius 2 is 2.00 bits per heavy atom. The van der Waals surface area contributed by atoms with Crippen molar-refractivity contribution in [3.05, 3.63) is 0 Å². The minimum absolute atomic E-state index is 0.0804. The second kappa shape index (κ2) is 4.38. The number of nitrogens with one attached hydrogen (secondary N) is 1. The Hall–Kier alpha value is -1.27. The van der Waals surface area contributed by atoms with Gasteiger partial charge in [0, 0.05) is 18.5 Å². The molecule has 1 N–H and O–H groups in total. The summed E-state index contributed by atoms with van der Waals surface area (Å²) in [6.07, 6.45) is -3.77. The molecule has 0 bridgehead atoms. The summed E-state index contributed by atoms with van der Waals surface area (Å²) in [6, 6.07) is -0.668. The Bertz CT molecular complexity index is 406. The van der Waals surface area contributed by atoms with Gasteiger partial charge in [-0.1, -0.05) is 0 Å². The van der Waals surface area contributed by atoms with Crippen LogP contribution in [0.4, 0.5) is 13.2 Å². The highest BCUT2D eigenvalue weighted by molar-refractivity contribution is 5.91. The smallest absolute Gasteiger partial charge is 0.344 e. The summed E-state index contributed by atoms with van der Waals surface area (Å²) in [6.45, 7) is 2.96. The van der Waals surface area contributed by atoms with Crippen LogP contribution in [0.5, 0.6) is 0 Å². The van der Waals surface area contributed by atoms with Crippen LogP contribution in [0.15, 0.2) is 0 Å². The lowest BCUT2D eigenvalue weighted by molar-refractivity contribution is -0.192. The molecule has 2 aliphatic rings. The van der Waals surface area contributed by atoms with Crippen molar-refractivity contribution in [2.24, 2.45) is 5.92 Å². The number of rotatable bonds is 1. The van der Waals surface area contributed by atoms with Crippen molar-refractivity contribution in [3.63, 3.8) is 0 Å². The number of hydrogen-bond donors (Lipinski definition) is 1. The van der Waals surface area contributed by atoms with Gasteiger partial charge in [0.25, 0.3) is 0 Å². The molecule has 0 spiro atoms. The van der Waals surface area contributed by atoms with E-state index < -0.39 is 29.6 Å². The third-order valence-electron chi connectivity index (χ3n) is 4.14. The van der Waals surface area contributed by atoms with Crippen molar-refractivity contribution in [2.45, 2.75) is 50.9 Å². The Balaban J connectivity index is 2.14. The van der Waals surface area contributed by atoms with Crippen molar-refractivity contribution >= 4 is 11.8 Å². The SMILES string of the molecule is CC1(C)[C@@H](C(F)(F)F)CCN1C(=O)[C@@H]1CCC(=O)N1. The molecule has 2 aliphatic heterocycles. The molecule has 7 heteroatoms. The van der Waals surface area contributed by atoms with Gasteiger partial charge in [0.1, 0.15) is 6.04 Å². The standard InChI is InChI=1S/C12H17F3N2O2/c1-11(2)8(12(13,14)15)5-6-17(11)10(19)7-3-4-9(18)16-7/h7-8H,3-6H2,1-2H3,(H,16,18)/t7-,8-/m0/s1. The van der Waals surface area contributed by atoms with Gasteiger partial charge in [0.15, 0.2) is 0 Å². The minimum Gasteiger partial charge on any atom is -0.344 e. The zero-order chi connectivity index (χ0) is 14.4. The lowest BCUT2D eigenvalue weighted by Gasteiger charge is -2.37. The topological polar surface area (TPSA) is 49.4 Å². The maximum Gasteiger partial charge on any atom is 0.394 e. The summed E-state index contributed by atoms with van der Waals surface area (Å²) in [5.41, 5.74) is -1.26. The van der Waals surface area contributed by atoms with Gasteiger partial charge in [-0.15, -0.1) is 0 Å². The molecule has 2 fully saturated rings. The van der Waals surface area contributed by atoms with Crippen LogP contribution in [0.3, 0.4) is 0 Å². The summed E-state index contributed by atoms with van der Waals surface area (Å²) >= 11 is 0. The van der Waals surface area contributed by atoms with E-state index in [4.69, 9.17) is 0 Å². The fourth-order valence-electron chi connectivity index (χ4n) is 3.03. The quantitative estimate of drug-likeness (QED) is 0.789. The van der Waals surface area contributed by atoms with Gasteiger partial charge in [-0.2, -0.15) is 13.2 Å². The molecule has 2 amide bonds. The van der Waals surface area contributed by atoms with Crippen molar-refractivity contribution in [1.82, 2.24) is 10.2 Å². The Kier molecular flexibility index (Phi) is 3.26. The van der Waals surface area contributed by atoms with Gasteiger partial charge in [-0.3, -0.25) is 9.59 Å². The van der Waals surface area contributed by atoms with E-state index in [0.29, 0.717) is 6.42 Å². The Morgan fingerprint density at radius 3 is 2.42 bits per heavy atom. The van der Waals surface area contributed by atoms with E-state index in [1.54, 1.807) is 0 Å². The monoisotopic (exact) mass is 278 g/mol. The molecule has 2 saturated heterocycles. The van der Waals surface area contributed by atoms with Gasteiger partial charge in [-0.25, -0.2) is 0 Å². The predicted molar refractivity (Wildman–Crippen MR) is 61.1 cm³/mol. The predicted octanol–water partition coefficient (Wildman–Crippen LogP) is 1.45. The first kappa shape index (κ1) is 14.1. The lowest BCUT2D eigenvalue weighted by Crippen LogP contribution is -2.54. The maximum absolute atomic E-state index is 12.9. The molecular weight excluding hydrogens is 261 g/mol. The van der Waals surface area contributed by atoms with Gasteiger partial charge in [0.05, 0.1) is 5.92 Å². The molecule has 0 saturated carbocycles. The lowest BCUT2D eigenvalue weighted by atomic mass is 9.87. The second-order valence-electron chi connectivity index (χ2n) is 5.69. The summed E-state index contributed by atoms with van der Waals surface area (Å²) in [5.74, 6) is -2.13. The molecule has 0 radical (unpaired) electrons. The summed E-state index contributed by atoms with van der Waals surface area (Å²) in [5, 5.41) is 2.51. The number of likely N-dealkylation sites (tertiary alicyclic amines) is 1. The largest absolute Gasteiger partial charge is 0.394 e. The van der Waals surface area contributed by atoms with Crippen LogP contribution in [0, 0.1) is 5.92 Å². The number of hydrogen-bond acceptors (Lipinski definition) is 2. The first-order valence-electron chi connectivity index (χ1n) is 6.31. The third kappa shape index (κ3) is 2.42. The van der Waals surface area contributed by atoms with E-state index in [1.165, 1.54) is 18.7 Å². The van der Waals surface area contributed by atoms with Crippen molar-refractivity contribution in [1.29, 1.82) is 0 Å². The first-order valence-corrected chi connectivity index (χ1v) is 6.31. The Labute approximate surface area is 109 Å². The van der Waals surface area contributed by atoms with E-state index in [-0.39, 0.29) is 25.3 Å². The second-order valence-corrected chi connectivity index (χ2v) is 5.69. The fourth-order valence-corrected chi connectivity index (χ4v) is 3.03. The molecule has 0 aromatic carbocycles. The zero-order valence-electron chi connectivity index (χ0n) is 10.9. The molecule has 0 unspecified atom stereocenters. The van der Waals surface area contributed by atoms with Crippen LogP contribution in [0.25, 0.3) is 0 Å². The van der Waals surface area contributed by atoms with Crippen molar-refractivity contribution < 1.29 is 22.8 Å². The number of carbonyl (C=O) groups excluding carboxylic acids is 2. The fraction of sp³-hybridized carbons (Fsp3) is 0.833. The number of nitrogens with zero attached hydrogens (tertiary/aromatic N) is 1. The minimum atomic E-state index is -4.31. The van der Waals surface area contributed by atoms with Gasteiger partial charge in [-0.05, 0) is 26.7 Å². The molecule has 0 aliphatic carbocycles. The molecule has 2 rings (SSSR count). The number of alkyl halides is 3. The van der Waals surface area contributed by atoms with Crippen molar-refractivity contribution in [2.75, 3.05) is 6.54 Å². The molecule has 19 heavy (non-hydrogen) atoms. The van der Waals surface area contributed by atoms with Crippen LogP contribution in [-0.2, 0) is 9.59 Å². The van der Waals surface area contributed by atoms with Crippen LogP contribution >= 0.6 is 0 Å². The van der Waals surface area contributed by atoms with Gasteiger partial charge < -0.3 is 10.2 Å². The summed E-state index contributed by atoms with van der Waals surface area (Å²) in [4.78, 5) is 24.6. The third-order valence-corrected chi connectivity index (χ3v) is 4.14. The summed E-state index contributed by atoms with van der Waals surface area (Å²) in [7, 11) is 0. The highest BCUT2D eigenvalue weighted by Crippen LogP contribution is 2.45. The van der Waals surface area contributed by atoms with E-state index in [2.05, 4.69) is 5.32 Å². The molecule has 0 aromatic rings. The highest BCUT2D eigenvalue weighted by atomic mass is 19.4. The molecule has 0 aromatic heterocycles. The highest BCUT2D eigenvalue weighted by Gasteiger charge is 2.56. The zero-order valence-corrected chi connectivity index (χ0v) is 10.9. The van der Waals surface area contributed by atoms with E-state index in [9.17, 15) is 22.8 Å². The maximum atomic E-state index is 12.9. The molecule has 2 atom stereocenters. The van der Waals surface area contributed by atoms with E-state index >= 15 is 0 Å². The van der Waals surface area contributed by atoms with Crippen LogP contribution in [0.2, 0.25) is 0 Å². The summed E-state index contributed by atoms with van der Waals surface area (Å²) < 4.78 is 38.8. The van der Waals surface area contributed by atoms with Gasteiger partial charge >= 0.3 is 6.18 Å².